The molecule has 3 aromatic rings. The summed E-state index contributed by atoms with van der Waals surface area (Å²) in [5.41, 5.74) is 4.12. The molecule has 0 aliphatic heterocycles. The lowest BCUT2D eigenvalue weighted by atomic mass is 10.1. The summed E-state index contributed by atoms with van der Waals surface area (Å²) in [7, 11) is 1.84. The summed E-state index contributed by atoms with van der Waals surface area (Å²) < 4.78 is 0. The first-order chi connectivity index (χ1) is 10.3. The Morgan fingerprint density at radius 2 is 1.86 bits per heavy atom. The summed E-state index contributed by atoms with van der Waals surface area (Å²) in [5.74, 6) is 0. The van der Waals surface area contributed by atoms with E-state index in [0.717, 1.165) is 29.1 Å². The third-order valence-corrected chi connectivity index (χ3v) is 3.18. The number of hydrogen-bond acceptors (Lipinski definition) is 4. The monoisotopic (exact) mass is 279 g/mol. The molecule has 2 heterocycles. The summed E-state index contributed by atoms with van der Waals surface area (Å²) >= 11 is 0. The Kier molecular flexibility index (Phi) is 4.02. The smallest absolute Gasteiger partial charge is 0.117 e. The maximum absolute atomic E-state index is 4.46. The third-order valence-electron chi connectivity index (χ3n) is 3.18. The van der Waals surface area contributed by atoms with Crippen molar-refractivity contribution in [2.24, 2.45) is 7.05 Å². The molecule has 5 nitrogen and oxygen atoms in total. The zero-order valence-electron chi connectivity index (χ0n) is 11.9. The van der Waals surface area contributed by atoms with Gasteiger partial charge in [-0.3, -0.25) is 4.98 Å². The van der Waals surface area contributed by atoms with Crippen molar-refractivity contribution in [3.63, 3.8) is 0 Å². The molecule has 5 heteroatoms. The highest BCUT2D eigenvalue weighted by Crippen LogP contribution is 2.19. The molecule has 0 aliphatic carbocycles. The lowest BCUT2D eigenvalue weighted by Crippen LogP contribution is -2.14. The van der Waals surface area contributed by atoms with Crippen LogP contribution >= 0.6 is 0 Å². The number of rotatable bonds is 5. The van der Waals surface area contributed by atoms with Gasteiger partial charge in [0, 0.05) is 38.1 Å². The van der Waals surface area contributed by atoms with E-state index in [4.69, 9.17) is 0 Å². The molecule has 0 fully saturated rings. The fraction of sp³-hybridized carbons (Fsp3) is 0.188. The topological polar surface area (TPSA) is 55.6 Å². The number of hydrogen-bond donors (Lipinski definition) is 1. The molecule has 0 bridgehead atoms. The number of nitrogens with zero attached hydrogens (tertiary/aromatic N) is 4. The molecule has 1 aromatic carbocycles. The minimum absolute atomic E-state index is 0.674. The molecule has 2 aromatic heterocycles. The fourth-order valence-corrected chi connectivity index (χ4v) is 2.21. The first-order valence-electron chi connectivity index (χ1n) is 6.88. The van der Waals surface area contributed by atoms with Gasteiger partial charge >= 0.3 is 0 Å². The van der Waals surface area contributed by atoms with Gasteiger partial charge in [0.2, 0.25) is 0 Å². The van der Waals surface area contributed by atoms with Crippen molar-refractivity contribution < 1.29 is 0 Å². The Morgan fingerprint density at radius 1 is 1.00 bits per heavy atom. The van der Waals surface area contributed by atoms with Crippen molar-refractivity contribution in [2.75, 3.05) is 0 Å². The Labute approximate surface area is 123 Å². The fourth-order valence-electron chi connectivity index (χ4n) is 2.21. The first-order valence-corrected chi connectivity index (χ1v) is 6.88. The molecule has 3 rings (SSSR count). The lowest BCUT2D eigenvalue weighted by molar-refractivity contribution is 0.623. The minimum Gasteiger partial charge on any atom is -0.307 e. The molecular weight excluding hydrogens is 262 g/mol. The minimum atomic E-state index is 0.674. The van der Waals surface area contributed by atoms with Crippen LogP contribution in [0, 0.1) is 0 Å². The quantitative estimate of drug-likeness (QED) is 0.777. The number of aryl methyl sites for hydroxylation is 1. The van der Waals surface area contributed by atoms with Crippen LogP contribution in [0.1, 0.15) is 11.3 Å². The van der Waals surface area contributed by atoms with Crippen LogP contribution in [0.2, 0.25) is 0 Å². The van der Waals surface area contributed by atoms with Crippen molar-refractivity contribution in [2.45, 2.75) is 13.1 Å². The van der Waals surface area contributed by atoms with Crippen LogP contribution in [0.4, 0.5) is 0 Å². The SMILES string of the molecule is Cn1nc(CNCc2cccnc2)c(-c2ccccc2)n1. The van der Waals surface area contributed by atoms with Crippen LogP contribution in [0.25, 0.3) is 11.3 Å². The van der Waals surface area contributed by atoms with Gasteiger partial charge in [-0.1, -0.05) is 36.4 Å². The zero-order chi connectivity index (χ0) is 14.5. The summed E-state index contributed by atoms with van der Waals surface area (Å²) in [4.78, 5) is 5.72. The summed E-state index contributed by atoms with van der Waals surface area (Å²) in [6.07, 6.45) is 3.64. The van der Waals surface area contributed by atoms with Gasteiger partial charge in [0.25, 0.3) is 0 Å². The van der Waals surface area contributed by atoms with E-state index in [2.05, 4.69) is 38.7 Å². The number of aromatic nitrogens is 4. The van der Waals surface area contributed by atoms with Crippen LogP contribution in [0.15, 0.2) is 54.9 Å². The molecule has 0 radical (unpaired) electrons. The lowest BCUT2D eigenvalue weighted by Gasteiger charge is -2.04. The molecule has 106 valence electrons. The van der Waals surface area contributed by atoms with Gasteiger partial charge < -0.3 is 5.32 Å². The average Bonchev–Trinajstić information content (AvgIpc) is 2.90. The highest BCUT2D eigenvalue weighted by Gasteiger charge is 2.11. The summed E-state index contributed by atoms with van der Waals surface area (Å²) in [6, 6.07) is 14.1. The third kappa shape index (κ3) is 3.32. The largest absolute Gasteiger partial charge is 0.307 e. The van der Waals surface area contributed by atoms with E-state index in [-0.39, 0.29) is 0 Å². The second kappa shape index (κ2) is 6.28. The average molecular weight is 279 g/mol. The normalized spacial score (nSPS) is 10.7. The van der Waals surface area contributed by atoms with Crippen LogP contribution < -0.4 is 5.32 Å². The van der Waals surface area contributed by atoms with Gasteiger partial charge in [-0.2, -0.15) is 15.0 Å². The first kappa shape index (κ1) is 13.5. The van der Waals surface area contributed by atoms with Crippen molar-refractivity contribution in [3.05, 3.63) is 66.1 Å². The van der Waals surface area contributed by atoms with Gasteiger partial charge in [0.1, 0.15) is 11.4 Å². The van der Waals surface area contributed by atoms with Crippen LogP contribution in [-0.2, 0) is 20.1 Å². The highest BCUT2D eigenvalue weighted by atomic mass is 15.5. The Morgan fingerprint density at radius 3 is 2.62 bits per heavy atom. The van der Waals surface area contributed by atoms with Gasteiger partial charge in [-0.05, 0) is 11.6 Å². The van der Waals surface area contributed by atoms with E-state index >= 15 is 0 Å². The van der Waals surface area contributed by atoms with Gasteiger partial charge in [0.05, 0.1) is 0 Å². The van der Waals surface area contributed by atoms with E-state index in [1.165, 1.54) is 0 Å². The van der Waals surface area contributed by atoms with Crippen molar-refractivity contribution >= 4 is 0 Å². The zero-order valence-corrected chi connectivity index (χ0v) is 11.9. The number of nitrogens with one attached hydrogen (secondary N) is 1. The van der Waals surface area contributed by atoms with Crippen LogP contribution in [0.5, 0.6) is 0 Å². The maximum Gasteiger partial charge on any atom is 0.117 e. The maximum atomic E-state index is 4.46. The van der Waals surface area contributed by atoms with E-state index < -0.39 is 0 Å². The molecule has 0 aliphatic rings. The Hall–Kier alpha value is -2.53. The molecule has 21 heavy (non-hydrogen) atoms. The van der Waals surface area contributed by atoms with E-state index in [1.807, 2.05) is 37.5 Å². The second-order valence-electron chi connectivity index (χ2n) is 4.82. The molecule has 0 amide bonds. The van der Waals surface area contributed by atoms with Gasteiger partial charge in [-0.15, -0.1) is 0 Å². The highest BCUT2D eigenvalue weighted by molar-refractivity contribution is 5.60. The molecule has 0 atom stereocenters. The van der Waals surface area contributed by atoms with E-state index in [0.29, 0.717) is 6.54 Å². The van der Waals surface area contributed by atoms with E-state index in [9.17, 15) is 0 Å². The van der Waals surface area contributed by atoms with Crippen molar-refractivity contribution in [1.82, 2.24) is 25.3 Å². The van der Waals surface area contributed by atoms with Crippen molar-refractivity contribution in [3.8, 4) is 11.3 Å². The standard InChI is InChI=1S/C16H17N5/c1-21-19-15(12-18-11-13-6-5-9-17-10-13)16(20-21)14-7-3-2-4-8-14/h2-10,18H,11-12H2,1H3. The summed E-state index contributed by atoms with van der Waals surface area (Å²) in [6.45, 7) is 1.44. The predicted octanol–water partition coefficient (Wildman–Crippen LogP) is 2.17. The summed E-state index contributed by atoms with van der Waals surface area (Å²) in [5, 5.41) is 12.3. The molecule has 0 saturated carbocycles. The predicted molar refractivity (Wildman–Crippen MR) is 81.2 cm³/mol. The van der Waals surface area contributed by atoms with Crippen molar-refractivity contribution in [1.29, 1.82) is 0 Å². The molecule has 0 saturated heterocycles. The van der Waals surface area contributed by atoms with Gasteiger partial charge in [-0.25, -0.2) is 0 Å². The second-order valence-corrected chi connectivity index (χ2v) is 4.82. The molecular formula is C16H17N5. The van der Waals surface area contributed by atoms with Crippen LogP contribution in [0.3, 0.4) is 0 Å². The van der Waals surface area contributed by atoms with E-state index in [1.54, 1.807) is 11.0 Å². The molecule has 0 spiro atoms. The molecule has 1 N–H and O–H groups in total. The number of benzene rings is 1. The molecule has 0 unspecified atom stereocenters. The Balaban J connectivity index is 1.71. The Bertz CT molecular complexity index is 691. The van der Waals surface area contributed by atoms with Crippen LogP contribution in [-0.4, -0.2) is 20.0 Å². The number of pyridine rings is 1. The van der Waals surface area contributed by atoms with Gasteiger partial charge in [0.15, 0.2) is 0 Å².